The van der Waals surface area contributed by atoms with E-state index in [1.165, 1.54) is 0 Å². The monoisotopic (exact) mass is 304 g/mol. The van der Waals surface area contributed by atoms with Crippen molar-refractivity contribution in [1.29, 1.82) is 0 Å². The Kier molecular flexibility index (Phi) is 5.09. The van der Waals surface area contributed by atoms with Crippen molar-refractivity contribution in [2.24, 2.45) is 5.41 Å². The van der Waals surface area contributed by atoms with Gasteiger partial charge in [0.25, 0.3) is 5.91 Å². The number of nitrogens with one attached hydrogen (secondary N) is 1. The number of nitrogens with zero attached hydrogens (tertiary/aromatic N) is 1. The van der Waals surface area contributed by atoms with Crippen molar-refractivity contribution >= 4 is 17.2 Å². The summed E-state index contributed by atoms with van der Waals surface area (Å²) in [7, 11) is 0. The van der Waals surface area contributed by atoms with Gasteiger partial charge in [0, 0.05) is 29.7 Å². The molecule has 2 N–H and O–H groups in total. The molecule has 0 aliphatic rings. The van der Waals surface area contributed by atoms with Crippen LogP contribution in [0.4, 0.5) is 0 Å². The summed E-state index contributed by atoms with van der Waals surface area (Å²) in [6.07, 6.45) is 0.663. The molecule has 1 aromatic carbocycles. The molecule has 0 bridgehead atoms. The maximum Gasteiger partial charge on any atom is 0.251 e. The van der Waals surface area contributed by atoms with Gasteiger partial charge in [-0.2, -0.15) is 0 Å². The van der Waals surface area contributed by atoms with Crippen molar-refractivity contribution in [2.75, 3.05) is 13.2 Å². The summed E-state index contributed by atoms with van der Waals surface area (Å²) in [5.74, 6) is -0.0918. The molecule has 0 saturated carbocycles. The molecule has 0 aliphatic carbocycles. The van der Waals surface area contributed by atoms with Crippen LogP contribution < -0.4 is 5.32 Å². The van der Waals surface area contributed by atoms with Gasteiger partial charge in [-0.3, -0.25) is 4.79 Å². The van der Waals surface area contributed by atoms with Crippen molar-refractivity contribution in [3.05, 3.63) is 40.7 Å². The Labute approximate surface area is 128 Å². The van der Waals surface area contributed by atoms with Crippen LogP contribution in [-0.4, -0.2) is 29.1 Å². The zero-order valence-corrected chi connectivity index (χ0v) is 13.1. The zero-order chi connectivity index (χ0) is 15.3. The topological polar surface area (TPSA) is 62.2 Å². The predicted molar refractivity (Wildman–Crippen MR) is 85.4 cm³/mol. The molecule has 0 spiro atoms. The largest absolute Gasteiger partial charge is 0.396 e. The van der Waals surface area contributed by atoms with Crippen LogP contribution in [-0.2, 0) is 0 Å². The molecule has 0 unspecified atom stereocenters. The first-order valence-electron chi connectivity index (χ1n) is 6.89. The highest BCUT2D eigenvalue weighted by molar-refractivity contribution is 7.07. The number of hydrogen-bond donors (Lipinski definition) is 2. The van der Waals surface area contributed by atoms with Crippen LogP contribution in [0.3, 0.4) is 0 Å². The Morgan fingerprint density at radius 1 is 1.33 bits per heavy atom. The van der Waals surface area contributed by atoms with Crippen LogP contribution >= 0.6 is 11.3 Å². The Morgan fingerprint density at radius 3 is 2.62 bits per heavy atom. The van der Waals surface area contributed by atoms with Crippen molar-refractivity contribution in [1.82, 2.24) is 10.3 Å². The maximum atomic E-state index is 12.1. The summed E-state index contributed by atoms with van der Waals surface area (Å²) >= 11 is 1.55. The smallest absolute Gasteiger partial charge is 0.251 e. The molecule has 1 aromatic heterocycles. The van der Waals surface area contributed by atoms with Crippen molar-refractivity contribution in [3.8, 4) is 11.3 Å². The number of aromatic nitrogens is 1. The van der Waals surface area contributed by atoms with Gasteiger partial charge in [-0.05, 0) is 24.0 Å². The second kappa shape index (κ2) is 6.83. The minimum Gasteiger partial charge on any atom is -0.396 e. The molecular weight excluding hydrogens is 284 g/mol. The molecule has 0 saturated heterocycles. The first kappa shape index (κ1) is 15.7. The number of thiazole rings is 1. The van der Waals surface area contributed by atoms with Crippen molar-refractivity contribution < 1.29 is 9.90 Å². The predicted octanol–water partition coefficient (Wildman–Crippen LogP) is 2.95. The first-order valence-corrected chi connectivity index (χ1v) is 7.84. The maximum absolute atomic E-state index is 12.1. The molecule has 21 heavy (non-hydrogen) atoms. The molecule has 112 valence electrons. The summed E-state index contributed by atoms with van der Waals surface area (Å²) in [6.45, 7) is 4.72. The molecule has 5 heteroatoms. The third-order valence-electron chi connectivity index (χ3n) is 3.39. The highest BCUT2D eigenvalue weighted by Gasteiger charge is 2.18. The fourth-order valence-electron chi connectivity index (χ4n) is 1.96. The quantitative estimate of drug-likeness (QED) is 0.862. The van der Waals surface area contributed by atoms with E-state index in [2.05, 4.69) is 10.3 Å². The van der Waals surface area contributed by atoms with Gasteiger partial charge in [-0.15, -0.1) is 11.3 Å². The van der Waals surface area contributed by atoms with Gasteiger partial charge in [-0.1, -0.05) is 26.0 Å². The van der Waals surface area contributed by atoms with E-state index in [0.29, 0.717) is 18.5 Å². The van der Waals surface area contributed by atoms with E-state index in [0.717, 1.165) is 11.3 Å². The van der Waals surface area contributed by atoms with Gasteiger partial charge in [0.2, 0.25) is 0 Å². The third kappa shape index (κ3) is 4.37. The zero-order valence-electron chi connectivity index (χ0n) is 12.3. The van der Waals surface area contributed by atoms with Gasteiger partial charge in [0.15, 0.2) is 0 Å². The standard InChI is InChI=1S/C16H20N2O2S/c1-16(2,7-8-19)10-17-15(20)13-5-3-12(4-6-13)14-9-21-11-18-14/h3-6,9,11,19H,7-8,10H2,1-2H3,(H,17,20). The summed E-state index contributed by atoms with van der Waals surface area (Å²) in [5.41, 5.74) is 4.25. The van der Waals surface area contributed by atoms with Crippen LogP contribution in [0.2, 0.25) is 0 Å². The number of aliphatic hydroxyl groups is 1. The molecule has 0 fully saturated rings. The van der Waals surface area contributed by atoms with E-state index >= 15 is 0 Å². The summed E-state index contributed by atoms with van der Waals surface area (Å²) in [4.78, 5) is 16.4. The number of hydrogen-bond acceptors (Lipinski definition) is 4. The average molecular weight is 304 g/mol. The Balaban J connectivity index is 1.97. The molecule has 0 aliphatic heterocycles. The summed E-state index contributed by atoms with van der Waals surface area (Å²) < 4.78 is 0. The number of aliphatic hydroxyl groups excluding tert-OH is 1. The Morgan fingerprint density at radius 2 is 2.05 bits per heavy atom. The Hall–Kier alpha value is -1.72. The van der Waals surface area contributed by atoms with Crippen LogP contribution in [0.25, 0.3) is 11.3 Å². The van der Waals surface area contributed by atoms with E-state index in [-0.39, 0.29) is 17.9 Å². The molecular formula is C16H20N2O2S. The first-order chi connectivity index (χ1) is 10.0. The average Bonchev–Trinajstić information content (AvgIpc) is 2.99. The molecule has 1 heterocycles. The van der Waals surface area contributed by atoms with Gasteiger partial charge in [0.05, 0.1) is 11.2 Å². The molecule has 0 atom stereocenters. The van der Waals surface area contributed by atoms with E-state index < -0.39 is 0 Å². The van der Waals surface area contributed by atoms with Gasteiger partial charge in [-0.25, -0.2) is 4.98 Å². The number of rotatable bonds is 6. The van der Waals surface area contributed by atoms with E-state index in [1.807, 2.05) is 43.5 Å². The van der Waals surface area contributed by atoms with Crippen LogP contribution in [0.1, 0.15) is 30.6 Å². The number of carbonyl (C=O) groups excluding carboxylic acids is 1. The highest BCUT2D eigenvalue weighted by Crippen LogP contribution is 2.20. The minimum atomic E-state index is -0.106. The van der Waals surface area contributed by atoms with E-state index in [9.17, 15) is 4.79 Å². The fourth-order valence-corrected chi connectivity index (χ4v) is 2.52. The van der Waals surface area contributed by atoms with Crippen molar-refractivity contribution in [3.63, 3.8) is 0 Å². The SMILES string of the molecule is CC(C)(CCO)CNC(=O)c1ccc(-c2cscn2)cc1. The lowest BCUT2D eigenvalue weighted by atomic mass is 9.89. The second-order valence-electron chi connectivity index (χ2n) is 5.77. The Bertz CT molecular complexity index is 577. The minimum absolute atomic E-state index is 0.0918. The molecule has 0 radical (unpaired) electrons. The van der Waals surface area contributed by atoms with Crippen LogP contribution in [0.15, 0.2) is 35.2 Å². The lowest BCUT2D eigenvalue weighted by molar-refractivity contribution is 0.0928. The lowest BCUT2D eigenvalue weighted by Crippen LogP contribution is -2.34. The number of benzene rings is 1. The third-order valence-corrected chi connectivity index (χ3v) is 3.98. The highest BCUT2D eigenvalue weighted by atomic mass is 32.1. The van der Waals surface area contributed by atoms with Gasteiger partial charge < -0.3 is 10.4 Å². The van der Waals surface area contributed by atoms with Gasteiger partial charge in [0.1, 0.15) is 0 Å². The molecule has 2 rings (SSSR count). The van der Waals surface area contributed by atoms with E-state index in [1.54, 1.807) is 16.8 Å². The van der Waals surface area contributed by atoms with E-state index in [4.69, 9.17) is 5.11 Å². The second-order valence-corrected chi connectivity index (χ2v) is 6.49. The van der Waals surface area contributed by atoms with Crippen LogP contribution in [0.5, 0.6) is 0 Å². The summed E-state index contributed by atoms with van der Waals surface area (Å²) in [6, 6.07) is 7.43. The molecule has 2 aromatic rings. The normalized spacial score (nSPS) is 11.4. The fraction of sp³-hybridized carbons (Fsp3) is 0.375. The summed E-state index contributed by atoms with van der Waals surface area (Å²) in [5, 5.41) is 13.9. The number of amides is 1. The van der Waals surface area contributed by atoms with Crippen molar-refractivity contribution in [2.45, 2.75) is 20.3 Å². The molecule has 4 nitrogen and oxygen atoms in total. The van der Waals surface area contributed by atoms with Gasteiger partial charge >= 0.3 is 0 Å². The van der Waals surface area contributed by atoms with Crippen LogP contribution in [0, 0.1) is 5.41 Å². The lowest BCUT2D eigenvalue weighted by Gasteiger charge is -2.23. The molecule has 1 amide bonds. The number of carbonyl (C=O) groups is 1.